The molecule has 3 nitrogen and oxygen atoms in total. The number of halogens is 1. The molecule has 0 unspecified atom stereocenters. The number of nitrogens with zero attached hydrogens (tertiary/aromatic N) is 1. The number of carbonyl (C=O) groups excluding carboxylic acids is 1. The molecule has 102 valence electrons. The summed E-state index contributed by atoms with van der Waals surface area (Å²) in [6, 6.07) is 14.5. The molecule has 3 aromatic rings. The summed E-state index contributed by atoms with van der Waals surface area (Å²) in [4.78, 5) is 12.4. The second-order valence-corrected chi connectivity index (χ2v) is 5.75. The van der Waals surface area contributed by atoms with Crippen molar-refractivity contribution < 1.29 is 4.79 Å². The topological polar surface area (TPSA) is 52.9 Å². The number of carbonyl (C=O) groups is 1. The van der Waals surface area contributed by atoms with E-state index in [1.165, 1.54) is 11.3 Å². The van der Waals surface area contributed by atoms with Gasteiger partial charge in [-0.25, -0.2) is 0 Å². The van der Waals surface area contributed by atoms with Crippen LogP contribution in [-0.4, -0.2) is 5.91 Å². The maximum atomic E-state index is 12.4. The van der Waals surface area contributed by atoms with Crippen molar-refractivity contribution in [1.29, 1.82) is 5.26 Å². The summed E-state index contributed by atoms with van der Waals surface area (Å²) in [5, 5.41) is 15.0. The zero-order valence-electron chi connectivity index (χ0n) is 10.8. The molecule has 0 aliphatic heterocycles. The number of nitriles is 1. The highest BCUT2D eigenvalue weighted by Gasteiger charge is 2.14. The fourth-order valence-electron chi connectivity index (χ4n) is 2.06. The van der Waals surface area contributed by atoms with Gasteiger partial charge in [0.25, 0.3) is 5.91 Å². The van der Waals surface area contributed by atoms with E-state index in [0.29, 0.717) is 21.8 Å². The number of benzene rings is 2. The van der Waals surface area contributed by atoms with Crippen molar-refractivity contribution in [3.8, 4) is 6.07 Å². The van der Waals surface area contributed by atoms with Crippen LogP contribution in [0.5, 0.6) is 0 Å². The van der Waals surface area contributed by atoms with Gasteiger partial charge in [0.1, 0.15) is 6.07 Å². The zero-order valence-corrected chi connectivity index (χ0v) is 12.3. The first-order chi connectivity index (χ1) is 10.2. The zero-order chi connectivity index (χ0) is 14.8. The molecule has 0 aliphatic carbocycles. The van der Waals surface area contributed by atoms with Crippen LogP contribution in [0, 0.1) is 11.3 Å². The smallest absolute Gasteiger partial charge is 0.257 e. The molecule has 0 fully saturated rings. The average molecular weight is 313 g/mol. The van der Waals surface area contributed by atoms with Crippen LogP contribution >= 0.6 is 22.9 Å². The molecule has 0 atom stereocenters. The first-order valence-corrected chi connectivity index (χ1v) is 7.42. The second kappa shape index (κ2) is 5.57. The van der Waals surface area contributed by atoms with E-state index < -0.39 is 0 Å². The highest BCUT2D eigenvalue weighted by atomic mass is 35.5. The lowest BCUT2D eigenvalue weighted by Gasteiger charge is -2.07. The molecule has 5 heteroatoms. The molecule has 1 aromatic heterocycles. The minimum atomic E-state index is -0.244. The highest BCUT2D eigenvalue weighted by molar-refractivity contribution is 7.17. The normalized spacial score (nSPS) is 10.3. The molecular weight excluding hydrogens is 304 g/mol. The molecule has 1 N–H and O–H groups in total. The maximum Gasteiger partial charge on any atom is 0.257 e. The molecule has 21 heavy (non-hydrogen) atoms. The maximum absolute atomic E-state index is 12.4. The van der Waals surface area contributed by atoms with Gasteiger partial charge >= 0.3 is 0 Å². The van der Waals surface area contributed by atoms with Crippen LogP contribution in [0.4, 0.5) is 5.69 Å². The van der Waals surface area contributed by atoms with Crippen molar-refractivity contribution in [3.63, 3.8) is 0 Å². The van der Waals surface area contributed by atoms with Crippen LogP contribution in [0.2, 0.25) is 5.02 Å². The van der Waals surface area contributed by atoms with Gasteiger partial charge in [0.05, 0.1) is 16.8 Å². The van der Waals surface area contributed by atoms with Crippen LogP contribution < -0.4 is 5.32 Å². The monoisotopic (exact) mass is 312 g/mol. The van der Waals surface area contributed by atoms with Crippen molar-refractivity contribution in [2.75, 3.05) is 5.32 Å². The fourth-order valence-corrected chi connectivity index (χ4v) is 3.17. The van der Waals surface area contributed by atoms with E-state index in [0.717, 1.165) is 10.1 Å². The third-order valence-electron chi connectivity index (χ3n) is 3.08. The Bertz CT molecular complexity index is 879. The van der Waals surface area contributed by atoms with Crippen LogP contribution in [0.15, 0.2) is 47.8 Å². The summed E-state index contributed by atoms with van der Waals surface area (Å²) in [7, 11) is 0. The van der Waals surface area contributed by atoms with E-state index in [2.05, 4.69) is 5.32 Å². The van der Waals surface area contributed by atoms with Gasteiger partial charge in [0.2, 0.25) is 0 Å². The van der Waals surface area contributed by atoms with Gasteiger partial charge < -0.3 is 5.32 Å². The highest BCUT2D eigenvalue weighted by Crippen LogP contribution is 2.27. The number of nitrogens with one attached hydrogen (secondary N) is 1. The third kappa shape index (κ3) is 2.62. The van der Waals surface area contributed by atoms with E-state index in [-0.39, 0.29) is 5.91 Å². The Morgan fingerprint density at radius 1 is 1.24 bits per heavy atom. The molecule has 0 radical (unpaired) electrons. The van der Waals surface area contributed by atoms with Crippen LogP contribution in [0.3, 0.4) is 0 Å². The van der Waals surface area contributed by atoms with Gasteiger partial charge in [0, 0.05) is 20.5 Å². The Labute approximate surface area is 130 Å². The lowest BCUT2D eigenvalue weighted by molar-refractivity contribution is 0.102. The van der Waals surface area contributed by atoms with Crippen molar-refractivity contribution >= 4 is 44.6 Å². The third-order valence-corrected chi connectivity index (χ3v) is 4.27. The Balaban J connectivity index is 1.97. The van der Waals surface area contributed by atoms with Gasteiger partial charge in [-0.3, -0.25) is 4.79 Å². The average Bonchev–Trinajstić information content (AvgIpc) is 2.91. The first kappa shape index (κ1) is 13.6. The summed E-state index contributed by atoms with van der Waals surface area (Å²) >= 11 is 7.43. The van der Waals surface area contributed by atoms with Crippen LogP contribution in [0.1, 0.15) is 15.9 Å². The predicted molar refractivity (Wildman–Crippen MR) is 85.9 cm³/mol. The molecule has 1 heterocycles. The molecule has 0 aliphatic rings. The van der Waals surface area contributed by atoms with Gasteiger partial charge in [-0.15, -0.1) is 11.3 Å². The predicted octanol–water partition coefficient (Wildman–Crippen LogP) is 4.68. The van der Waals surface area contributed by atoms with Crippen LogP contribution in [0.25, 0.3) is 10.1 Å². The standard InChI is InChI=1S/C16H9ClN2OS/c17-11-6-5-10(8-18)14(7-11)19-16(20)13-9-21-15-4-2-1-3-12(13)15/h1-7,9H,(H,19,20). The minimum absolute atomic E-state index is 0.244. The summed E-state index contributed by atoms with van der Waals surface area (Å²) < 4.78 is 1.05. The summed E-state index contributed by atoms with van der Waals surface area (Å²) in [5.41, 5.74) is 1.40. The SMILES string of the molecule is N#Cc1ccc(Cl)cc1NC(=O)c1csc2ccccc12. The van der Waals surface area contributed by atoms with E-state index in [4.69, 9.17) is 16.9 Å². The van der Waals surface area contributed by atoms with Gasteiger partial charge in [0.15, 0.2) is 0 Å². The van der Waals surface area contributed by atoms with Crippen molar-refractivity contribution in [2.24, 2.45) is 0 Å². The molecule has 0 bridgehead atoms. The fraction of sp³-hybridized carbons (Fsp3) is 0. The number of thiophene rings is 1. The number of hydrogen-bond donors (Lipinski definition) is 1. The summed E-state index contributed by atoms with van der Waals surface area (Å²) in [5.74, 6) is -0.244. The second-order valence-electron chi connectivity index (χ2n) is 4.40. The quantitative estimate of drug-likeness (QED) is 0.747. The molecule has 0 spiro atoms. The molecular formula is C16H9ClN2OS. The molecule has 0 saturated heterocycles. The summed E-state index contributed by atoms with van der Waals surface area (Å²) in [6.07, 6.45) is 0. The number of amides is 1. The lowest BCUT2D eigenvalue weighted by atomic mass is 10.1. The van der Waals surface area contributed by atoms with Crippen molar-refractivity contribution in [3.05, 3.63) is 64.0 Å². The number of rotatable bonds is 2. The van der Waals surface area contributed by atoms with Gasteiger partial charge in [-0.1, -0.05) is 29.8 Å². The number of anilines is 1. The molecule has 2 aromatic carbocycles. The Hall–Kier alpha value is -2.35. The lowest BCUT2D eigenvalue weighted by Crippen LogP contribution is -2.12. The largest absolute Gasteiger partial charge is 0.321 e. The van der Waals surface area contributed by atoms with Crippen molar-refractivity contribution in [1.82, 2.24) is 0 Å². The van der Waals surface area contributed by atoms with E-state index in [9.17, 15) is 4.79 Å². The Kier molecular flexibility index (Phi) is 3.61. The van der Waals surface area contributed by atoms with Crippen LogP contribution in [-0.2, 0) is 0 Å². The summed E-state index contributed by atoms with van der Waals surface area (Å²) in [6.45, 7) is 0. The molecule has 3 rings (SSSR count). The Morgan fingerprint density at radius 3 is 2.86 bits per heavy atom. The van der Waals surface area contributed by atoms with E-state index >= 15 is 0 Å². The minimum Gasteiger partial charge on any atom is -0.321 e. The molecule has 0 saturated carbocycles. The molecule has 1 amide bonds. The van der Waals surface area contributed by atoms with E-state index in [1.54, 1.807) is 18.2 Å². The Morgan fingerprint density at radius 2 is 2.05 bits per heavy atom. The van der Waals surface area contributed by atoms with Gasteiger partial charge in [-0.05, 0) is 24.3 Å². The van der Waals surface area contributed by atoms with E-state index in [1.807, 2.05) is 35.7 Å². The van der Waals surface area contributed by atoms with Crippen molar-refractivity contribution in [2.45, 2.75) is 0 Å². The number of fused-ring (bicyclic) bond motifs is 1. The van der Waals surface area contributed by atoms with Gasteiger partial charge in [-0.2, -0.15) is 5.26 Å². The first-order valence-electron chi connectivity index (χ1n) is 6.16. The number of hydrogen-bond acceptors (Lipinski definition) is 3.